The Bertz CT molecular complexity index is 734. The summed E-state index contributed by atoms with van der Waals surface area (Å²) in [6, 6.07) is 5.47. The van der Waals surface area contributed by atoms with Crippen molar-refractivity contribution in [3.63, 3.8) is 0 Å². The highest BCUT2D eigenvalue weighted by molar-refractivity contribution is 7.89. The molecule has 2 heterocycles. The molecule has 1 aromatic carbocycles. The molecule has 0 unspecified atom stereocenters. The second-order valence-corrected chi connectivity index (χ2v) is 8.02. The third kappa shape index (κ3) is 3.16. The van der Waals surface area contributed by atoms with Crippen molar-refractivity contribution in [1.82, 2.24) is 4.31 Å². The lowest BCUT2D eigenvalue weighted by molar-refractivity contribution is -0.140. The number of sulfonamides is 1. The van der Waals surface area contributed by atoms with Crippen molar-refractivity contribution in [1.29, 1.82) is 0 Å². The summed E-state index contributed by atoms with van der Waals surface area (Å²) >= 11 is 0. The van der Waals surface area contributed by atoms with Gasteiger partial charge in [0.2, 0.25) is 10.0 Å². The first-order valence-electron chi connectivity index (χ1n) is 8.01. The minimum atomic E-state index is -3.81. The van der Waals surface area contributed by atoms with Crippen molar-refractivity contribution >= 4 is 27.5 Å². The SMILES string of the molecule is O=C1CCN(c2ccc(S(=O)(=O)N3CCC[C@H]3C(=O)O)cc2)CC1. The average Bonchev–Trinajstić information content (AvgIpc) is 3.06. The van der Waals surface area contributed by atoms with Gasteiger partial charge in [0, 0.05) is 38.2 Å². The van der Waals surface area contributed by atoms with Gasteiger partial charge in [0.1, 0.15) is 11.8 Å². The molecule has 7 nitrogen and oxygen atoms in total. The van der Waals surface area contributed by atoms with Crippen molar-refractivity contribution in [2.45, 2.75) is 36.6 Å². The maximum atomic E-state index is 12.7. The van der Waals surface area contributed by atoms with Gasteiger partial charge in [-0.3, -0.25) is 9.59 Å². The van der Waals surface area contributed by atoms with Crippen LogP contribution in [0.25, 0.3) is 0 Å². The van der Waals surface area contributed by atoms with Crippen molar-refractivity contribution < 1.29 is 23.1 Å². The van der Waals surface area contributed by atoms with Crippen molar-refractivity contribution in [3.8, 4) is 0 Å². The van der Waals surface area contributed by atoms with E-state index in [1.54, 1.807) is 12.1 Å². The zero-order chi connectivity index (χ0) is 17.3. The predicted octanol–water partition coefficient (Wildman–Crippen LogP) is 1.09. The molecule has 2 aliphatic rings. The highest BCUT2D eigenvalue weighted by Gasteiger charge is 2.39. The molecule has 0 saturated carbocycles. The maximum Gasteiger partial charge on any atom is 0.322 e. The van der Waals surface area contributed by atoms with E-state index in [-0.39, 0.29) is 17.2 Å². The number of carbonyl (C=O) groups is 2. The highest BCUT2D eigenvalue weighted by atomic mass is 32.2. The van der Waals surface area contributed by atoms with E-state index in [2.05, 4.69) is 0 Å². The Morgan fingerprint density at radius 2 is 1.71 bits per heavy atom. The van der Waals surface area contributed by atoms with Crippen LogP contribution in [0.1, 0.15) is 25.7 Å². The van der Waals surface area contributed by atoms with Crippen molar-refractivity contribution in [3.05, 3.63) is 24.3 Å². The minimum absolute atomic E-state index is 0.104. The smallest absolute Gasteiger partial charge is 0.322 e. The number of aliphatic carboxylic acids is 1. The lowest BCUT2D eigenvalue weighted by atomic mass is 10.1. The minimum Gasteiger partial charge on any atom is -0.480 e. The number of rotatable bonds is 4. The Labute approximate surface area is 140 Å². The van der Waals surface area contributed by atoms with Crippen LogP contribution in [0.4, 0.5) is 5.69 Å². The summed E-state index contributed by atoms with van der Waals surface area (Å²) < 4.78 is 26.4. The number of nitrogens with zero attached hydrogens (tertiary/aromatic N) is 2. The van der Waals surface area contributed by atoms with Crippen molar-refractivity contribution in [2.24, 2.45) is 0 Å². The van der Waals surface area contributed by atoms with Crippen LogP contribution in [-0.2, 0) is 19.6 Å². The number of benzene rings is 1. The summed E-state index contributed by atoms with van der Waals surface area (Å²) in [6.45, 7) is 1.51. The number of carbonyl (C=O) groups excluding carboxylic acids is 1. The van der Waals surface area contributed by atoms with E-state index in [1.807, 2.05) is 4.90 Å². The molecule has 2 aliphatic heterocycles. The molecule has 2 fully saturated rings. The highest BCUT2D eigenvalue weighted by Crippen LogP contribution is 2.28. The van der Waals surface area contributed by atoms with E-state index in [0.29, 0.717) is 38.8 Å². The van der Waals surface area contributed by atoms with Gasteiger partial charge in [-0.15, -0.1) is 0 Å². The number of carboxylic acid groups (broad SMARTS) is 1. The second kappa shape index (κ2) is 6.52. The molecular weight excluding hydrogens is 332 g/mol. The molecule has 1 N–H and O–H groups in total. The quantitative estimate of drug-likeness (QED) is 0.872. The molecule has 2 saturated heterocycles. The fourth-order valence-corrected chi connectivity index (χ4v) is 4.90. The van der Waals surface area contributed by atoms with Crippen LogP contribution >= 0.6 is 0 Å². The van der Waals surface area contributed by atoms with E-state index < -0.39 is 22.0 Å². The summed E-state index contributed by atoms with van der Waals surface area (Å²) in [6.07, 6.45) is 1.91. The van der Waals surface area contributed by atoms with Gasteiger partial charge in [-0.2, -0.15) is 4.31 Å². The predicted molar refractivity (Wildman–Crippen MR) is 87.4 cm³/mol. The van der Waals surface area contributed by atoms with Gasteiger partial charge in [0.15, 0.2) is 0 Å². The Kier molecular flexibility index (Phi) is 4.60. The topological polar surface area (TPSA) is 95.0 Å². The zero-order valence-corrected chi connectivity index (χ0v) is 14.0. The molecule has 0 bridgehead atoms. The first-order chi connectivity index (χ1) is 11.4. The van der Waals surface area contributed by atoms with Crippen LogP contribution < -0.4 is 4.90 Å². The van der Waals surface area contributed by atoms with Gasteiger partial charge in [-0.05, 0) is 37.1 Å². The largest absolute Gasteiger partial charge is 0.480 e. The monoisotopic (exact) mass is 352 g/mol. The standard InChI is InChI=1S/C16H20N2O5S/c19-13-7-10-17(11-8-13)12-3-5-14(6-4-12)24(22,23)18-9-1-2-15(18)16(20)21/h3-6,15H,1-2,7-11H2,(H,20,21)/t15-/m0/s1. The number of hydrogen-bond donors (Lipinski definition) is 1. The van der Waals surface area contributed by atoms with Crippen LogP contribution in [0.5, 0.6) is 0 Å². The van der Waals surface area contributed by atoms with Gasteiger partial charge in [-0.1, -0.05) is 0 Å². The lowest BCUT2D eigenvalue weighted by Crippen LogP contribution is -2.40. The summed E-state index contributed by atoms with van der Waals surface area (Å²) in [5.74, 6) is -0.857. The molecule has 24 heavy (non-hydrogen) atoms. The third-order valence-corrected chi connectivity index (χ3v) is 6.54. The summed E-state index contributed by atoms with van der Waals surface area (Å²) in [5, 5.41) is 9.19. The third-order valence-electron chi connectivity index (χ3n) is 4.62. The molecule has 0 aromatic heterocycles. The van der Waals surface area contributed by atoms with E-state index in [1.165, 1.54) is 12.1 Å². The number of hydrogen-bond acceptors (Lipinski definition) is 5. The summed E-state index contributed by atoms with van der Waals surface area (Å²) in [4.78, 5) is 24.7. The molecule has 1 atom stereocenters. The van der Waals surface area contributed by atoms with E-state index in [0.717, 1.165) is 9.99 Å². The van der Waals surface area contributed by atoms with Crippen LogP contribution in [0, 0.1) is 0 Å². The summed E-state index contributed by atoms with van der Waals surface area (Å²) in [7, 11) is -3.81. The van der Waals surface area contributed by atoms with Gasteiger partial charge < -0.3 is 10.0 Å². The summed E-state index contributed by atoms with van der Waals surface area (Å²) in [5.41, 5.74) is 0.873. The number of piperidine rings is 1. The molecule has 3 rings (SSSR count). The first kappa shape index (κ1) is 16.9. The first-order valence-corrected chi connectivity index (χ1v) is 9.45. The van der Waals surface area contributed by atoms with Crippen LogP contribution in [0.2, 0.25) is 0 Å². The number of carboxylic acids is 1. The number of anilines is 1. The Balaban J connectivity index is 1.79. The maximum absolute atomic E-state index is 12.7. The van der Waals surface area contributed by atoms with E-state index in [4.69, 9.17) is 0 Å². The Morgan fingerprint density at radius 1 is 1.08 bits per heavy atom. The van der Waals surface area contributed by atoms with Gasteiger partial charge in [0.05, 0.1) is 4.90 Å². The fourth-order valence-electron chi connectivity index (χ4n) is 3.25. The number of ketones is 1. The van der Waals surface area contributed by atoms with Gasteiger partial charge in [-0.25, -0.2) is 8.42 Å². The van der Waals surface area contributed by atoms with Crippen LogP contribution in [-0.4, -0.2) is 55.3 Å². The zero-order valence-electron chi connectivity index (χ0n) is 13.2. The second-order valence-electron chi connectivity index (χ2n) is 6.13. The number of Topliss-reactive ketones (excluding diaryl/α,β-unsaturated/α-hetero) is 1. The van der Waals surface area contributed by atoms with Crippen LogP contribution in [0.15, 0.2) is 29.2 Å². The Morgan fingerprint density at radius 3 is 2.29 bits per heavy atom. The average molecular weight is 352 g/mol. The molecule has 1 aromatic rings. The molecular formula is C16H20N2O5S. The molecule has 130 valence electrons. The fraction of sp³-hybridized carbons (Fsp3) is 0.500. The van der Waals surface area contributed by atoms with Gasteiger partial charge >= 0.3 is 5.97 Å². The normalized spacial score (nSPS) is 22.8. The van der Waals surface area contributed by atoms with Crippen molar-refractivity contribution in [2.75, 3.05) is 24.5 Å². The van der Waals surface area contributed by atoms with E-state index >= 15 is 0 Å². The van der Waals surface area contributed by atoms with Gasteiger partial charge in [0.25, 0.3) is 0 Å². The molecule has 0 aliphatic carbocycles. The Hall–Kier alpha value is -1.93. The van der Waals surface area contributed by atoms with E-state index in [9.17, 15) is 23.1 Å². The molecule has 0 radical (unpaired) electrons. The molecule has 8 heteroatoms. The molecule has 0 amide bonds. The van der Waals surface area contributed by atoms with Crippen LogP contribution in [0.3, 0.4) is 0 Å². The lowest BCUT2D eigenvalue weighted by Gasteiger charge is -2.28. The molecule has 0 spiro atoms.